The first kappa shape index (κ1) is 21.8. The van der Waals surface area contributed by atoms with Gasteiger partial charge in [0.15, 0.2) is 5.13 Å². The van der Waals surface area contributed by atoms with Gasteiger partial charge in [-0.15, -0.1) is 11.3 Å². The number of ether oxygens (including phenoxy) is 3. The number of aromatic nitrogens is 1. The molecule has 8 heteroatoms. The van der Waals surface area contributed by atoms with Gasteiger partial charge in [-0.1, -0.05) is 31.2 Å². The fourth-order valence-electron chi connectivity index (χ4n) is 3.65. The fourth-order valence-corrected chi connectivity index (χ4v) is 4.52. The van der Waals surface area contributed by atoms with Crippen molar-refractivity contribution in [3.8, 4) is 11.5 Å². The molecule has 0 radical (unpaired) electrons. The van der Waals surface area contributed by atoms with Crippen molar-refractivity contribution in [1.82, 2.24) is 4.98 Å². The van der Waals surface area contributed by atoms with Crippen molar-refractivity contribution in [1.29, 1.82) is 0 Å². The number of hydrogen-bond acceptors (Lipinski definition) is 7. The lowest BCUT2D eigenvalue weighted by Crippen LogP contribution is -2.23. The van der Waals surface area contributed by atoms with E-state index in [2.05, 4.69) is 11.9 Å². The van der Waals surface area contributed by atoms with Gasteiger partial charge in [0.05, 0.1) is 18.5 Å². The van der Waals surface area contributed by atoms with Crippen molar-refractivity contribution >= 4 is 34.0 Å². The minimum atomic E-state index is -0.467. The fraction of sp³-hybridized carbons (Fsp3) is 0.292. The zero-order chi connectivity index (χ0) is 22.8. The summed E-state index contributed by atoms with van der Waals surface area (Å²) < 4.78 is 16.8. The van der Waals surface area contributed by atoms with Gasteiger partial charge in [0.25, 0.3) is 0 Å². The molecule has 2 heterocycles. The molecule has 7 nitrogen and oxygen atoms in total. The Hall–Kier alpha value is -3.39. The highest BCUT2D eigenvalue weighted by Crippen LogP contribution is 2.40. The van der Waals surface area contributed by atoms with E-state index in [4.69, 9.17) is 14.2 Å². The Morgan fingerprint density at radius 3 is 2.69 bits per heavy atom. The number of esters is 1. The number of rotatable bonds is 6. The van der Waals surface area contributed by atoms with Gasteiger partial charge in [-0.2, -0.15) is 0 Å². The van der Waals surface area contributed by atoms with Crippen molar-refractivity contribution < 1.29 is 23.8 Å². The van der Waals surface area contributed by atoms with Crippen LogP contribution in [-0.4, -0.2) is 30.1 Å². The largest absolute Gasteiger partial charge is 0.495 e. The van der Waals surface area contributed by atoms with E-state index in [9.17, 15) is 9.59 Å². The molecule has 0 aliphatic carbocycles. The molecule has 1 aliphatic rings. The zero-order valence-corrected chi connectivity index (χ0v) is 19.1. The molecule has 1 amide bonds. The number of thiazole rings is 1. The van der Waals surface area contributed by atoms with Gasteiger partial charge in [-0.05, 0) is 25.1 Å². The van der Waals surface area contributed by atoms with Crippen LogP contribution in [-0.2, 0) is 16.1 Å². The molecular weight excluding hydrogens is 428 g/mol. The number of nitrogens with zero attached hydrogens (tertiary/aromatic N) is 2. The quantitative estimate of drug-likeness (QED) is 0.486. The first-order chi connectivity index (χ1) is 15.4. The van der Waals surface area contributed by atoms with E-state index in [0.717, 1.165) is 5.56 Å². The maximum atomic E-state index is 12.7. The molecule has 0 saturated heterocycles. The lowest BCUT2D eigenvalue weighted by molar-refractivity contribution is -0.115. The molecule has 0 fully saturated rings. The molecule has 0 N–H and O–H groups in total. The molecule has 0 bridgehead atoms. The lowest BCUT2D eigenvalue weighted by atomic mass is 9.97. The van der Waals surface area contributed by atoms with Crippen LogP contribution in [0.25, 0.3) is 0 Å². The van der Waals surface area contributed by atoms with Crippen LogP contribution in [0.2, 0.25) is 0 Å². The second-order valence-electron chi connectivity index (χ2n) is 7.56. The maximum absolute atomic E-state index is 12.7. The predicted molar refractivity (Wildman–Crippen MR) is 122 cm³/mol. The minimum Gasteiger partial charge on any atom is -0.495 e. The number of carbonyl (C=O) groups excluding carboxylic acids is 2. The average Bonchev–Trinajstić information content (AvgIpc) is 3.36. The molecule has 1 aromatic heterocycles. The Kier molecular flexibility index (Phi) is 6.14. The standard InChI is InChI=1S/C24H24N2O5S/c1-14-15(2)31-22-18(14)8-7-9-19(22)23(28)30-12-17-13-32-24(25-17)26(16(3)27)20-10-5-6-11-21(20)29-4/h5-11,13-15H,12H2,1-4H3/t14-,15-/m1/s1. The van der Waals surface area contributed by atoms with Gasteiger partial charge in [0.1, 0.15) is 29.8 Å². The lowest BCUT2D eigenvalue weighted by Gasteiger charge is -2.20. The van der Waals surface area contributed by atoms with Gasteiger partial charge in [0, 0.05) is 23.8 Å². The third kappa shape index (κ3) is 4.05. The Morgan fingerprint density at radius 2 is 1.94 bits per heavy atom. The molecule has 0 saturated carbocycles. The Balaban J connectivity index is 1.51. The number of anilines is 2. The average molecular weight is 453 g/mol. The summed E-state index contributed by atoms with van der Waals surface area (Å²) in [7, 11) is 1.55. The summed E-state index contributed by atoms with van der Waals surface area (Å²) in [6, 6.07) is 12.7. The summed E-state index contributed by atoms with van der Waals surface area (Å²) in [5.74, 6) is 0.701. The molecular formula is C24H24N2O5S. The van der Waals surface area contributed by atoms with E-state index in [1.807, 2.05) is 31.2 Å². The van der Waals surface area contributed by atoms with Crippen molar-refractivity contribution in [2.24, 2.45) is 0 Å². The minimum absolute atomic E-state index is 0.00703. The SMILES string of the molecule is COc1ccccc1N(C(C)=O)c1nc(COC(=O)c2cccc3c2O[C@H](C)[C@H]3C)cs1. The molecule has 2 aromatic carbocycles. The Morgan fingerprint density at radius 1 is 1.16 bits per heavy atom. The van der Waals surface area contributed by atoms with E-state index in [-0.39, 0.29) is 24.5 Å². The van der Waals surface area contributed by atoms with E-state index < -0.39 is 5.97 Å². The van der Waals surface area contributed by atoms with Gasteiger partial charge in [0.2, 0.25) is 5.91 Å². The van der Waals surface area contributed by atoms with Crippen molar-refractivity contribution in [2.75, 3.05) is 12.0 Å². The van der Waals surface area contributed by atoms with Crippen LogP contribution in [0.5, 0.6) is 11.5 Å². The molecule has 3 aromatic rings. The summed E-state index contributed by atoms with van der Waals surface area (Å²) in [5.41, 5.74) is 2.57. The molecule has 32 heavy (non-hydrogen) atoms. The second kappa shape index (κ2) is 9.00. The molecule has 4 rings (SSSR count). The van der Waals surface area contributed by atoms with Crippen LogP contribution in [0, 0.1) is 0 Å². The molecule has 1 aliphatic heterocycles. The van der Waals surface area contributed by atoms with E-state index in [1.54, 1.807) is 30.7 Å². The zero-order valence-electron chi connectivity index (χ0n) is 18.3. The smallest absolute Gasteiger partial charge is 0.342 e. The Bertz CT molecular complexity index is 1160. The number of hydrogen-bond donors (Lipinski definition) is 0. The van der Waals surface area contributed by atoms with Gasteiger partial charge in [-0.3, -0.25) is 9.69 Å². The Labute approximate surface area is 190 Å². The van der Waals surface area contributed by atoms with Gasteiger partial charge >= 0.3 is 5.97 Å². The summed E-state index contributed by atoms with van der Waals surface area (Å²) >= 11 is 1.29. The monoisotopic (exact) mass is 452 g/mol. The van der Waals surface area contributed by atoms with Crippen LogP contribution in [0.3, 0.4) is 0 Å². The highest BCUT2D eigenvalue weighted by molar-refractivity contribution is 7.14. The highest BCUT2D eigenvalue weighted by Gasteiger charge is 2.31. The van der Waals surface area contributed by atoms with Crippen LogP contribution < -0.4 is 14.4 Å². The van der Waals surface area contributed by atoms with Crippen LogP contribution >= 0.6 is 11.3 Å². The van der Waals surface area contributed by atoms with Crippen LogP contribution in [0.1, 0.15) is 48.3 Å². The van der Waals surface area contributed by atoms with Crippen molar-refractivity contribution in [3.63, 3.8) is 0 Å². The van der Waals surface area contributed by atoms with Gasteiger partial charge < -0.3 is 14.2 Å². The van der Waals surface area contributed by atoms with E-state index in [0.29, 0.717) is 33.6 Å². The summed E-state index contributed by atoms with van der Waals surface area (Å²) in [6.07, 6.45) is 0.00703. The number of para-hydroxylation sites is 3. The number of amides is 1. The topological polar surface area (TPSA) is 78.0 Å². The second-order valence-corrected chi connectivity index (χ2v) is 8.40. The van der Waals surface area contributed by atoms with Gasteiger partial charge in [-0.25, -0.2) is 9.78 Å². The molecule has 0 unspecified atom stereocenters. The summed E-state index contributed by atoms with van der Waals surface area (Å²) in [5, 5.41) is 2.24. The first-order valence-corrected chi connectivity index (χ1v) is 11.1. The normalized spacial score (nSPS) is 16.8. The maximum Gasteiger partial charge on any atom is 0.342 e. The third-order valence-corrected chi connectivity index (χ3v) is 6.36. The summed E-state index contributed by atoms with van der Waals surface area (Å²) in [4.78, 5) is 31.1. The summed E-state index contributed by atoms with van der Waals surface area (Å²) in [6.45, 7) is 5.51. The van der Waals surface area contributed by atoms with Crippen molar-refractivity contribution in [3.05, 3.63) is 64.7 Å². The van der Waals surface area contributed by atoms with E-state index >= 15 is 0 Å². The van der Waals surface area contributed by atoms with Crippen LogP contribution in [0.15, 0.2) is 47.8 Å². The van der Waals surface area contributed by atoms with Crippen LogP contribution in [0.4, 0.5) is 10.8 Å². The number of fused-ring (bicyclic) bond motifs is 1. The number of carbonyl (C=O) groups is 2. The van der Waals surface area contributed by atoms with E-state index in [1.165, 1.54) is 23.2 Å². The highest BCUT2D eigenvalue weighted by atomic mass is 32.1. The first-order valence-electron chi connectivity index (χ1n) is 10.3. The molecule has 0 spiro atoms. The molecule has 166 valence electrons. The number of benzene rings is 2. The molecule has 2 atom stereocenters. The number of methoxy groups -OCH3 is 1. The third-order valence-electron chi connectivity index (χ3n) is 5.49. The predicted octanol–water partition coefficient (Wildman–Crippen LogP) is 5.08. The van der Waals surface area contributed by atoms with Crippen molar-refractivity contribution in [2.45, 2.75) is 39.4 Å².